The molecule has 0 spiro atoms. The number of benzene rings is 1. The van der Waals surface area contributed by atoms with Crippen LogP contribution in [0.4, 0.5) is 0 Å². The Hall–Kier alpha value is -1.72. The van der Waals surface area contributed by atoms with Gasteiger partial charge in [-0.25, -0.2) is 0 Å². The molecule has 0 aliphatic carbocycles. The third-order valence-corrected chi connectivity index (χ3v) is 2.97. The first-order valence-electron chi connectivity index (χ1n) is 6.56. The van der Waals surface area contributed by atoms with E-state index in [0.717, 1.165) is 25.2 Å². The molecular formula is C14H20N4O. The van der Waals surface area contributed by atoms with Crippen molar-refractivity contribution in [1.29, 1.82) is 0 Å². The van der Waals surface area contributed by atoms with Crippen molar-refractivity contribution in [2.45, 2.75) is 13.5 Å². The molecule has 5 nitrogen and oxygen atoms in total. The van der Waals surface area contributed by atoms with Gasteiger partial charge in [-0.3, -0.25) is 0 Å². The quantitative estimate of drug-likeness (QED) is 0.769. The zero-order valence-electron chi connectivity index (χ0n) is 11.5. The van der Waals surface area contributed by atoms with E-state index in [-0.39, 0.29) is 0 Å². The molecule has 5 heteroatoms. The molecule has 0 saturated carbocycles. The summed E-state index contributed by atoms with van der Waals surface area (Å²) in [5.74, 6) is 1.20. The first-order chi connectivity index (χ1) is 9.29. The Morgan fingerprint density at radius 1 is 1.21 bits per heavy atom. The first-order valence-corrected chi connectivity index (χ1v) is 6.56. The van der Waals surface area contributed by atoms with Crippen molar-refractivity contribution in [3.63, 3.8) is 0 Å². The molecule has 1 aromatic carbocycles. The highest BCUT2D eigenvalue weighted by Gasteiger charge is 2.07. The lowest BCUT2D eigenvalue weighted by Gasteiger charge is -2.13. The molecule has 102 valence electrons. The van der Waals surface area contributed by atoms with Gasteiger partial charge >= 0.3 is 0 Å². The molecule has 0 fully saturated rings. The second kappa shape index (κ2) is 7.01. The van der Waals surface area contributed by atoms with Crippen molar-refractivity contribution >= 4 is 0 Å². The average molecular weight is 260 g/mol. The van der Waals surface area contributed by atoms with E-state index in [4.69, 9.17) is 4.42 Å². The van der Waals surface area contributed by atoms with Crippen molar-refractivity contribution in [2.24, 2.45) is 0 Å². The van der Waals surface area contributed by atoms with Crippen molar-refractivity contribution in [2.75, 3.05) is 26.7 Å². The van der Waals surface area contributed by atoms with Crippen LogP contribution >= 0.6 is 0 Å². The Morgan fingerprint density at radius 3 is 2.74 bits per heavy atom. The van der Waals surface area contributed by atoms with Gasteiger partial charge in [-0.1, -0.05) is 25.1 Å². The zero-order valence-corrected chi connectivity index (χ0v) is 11.5. The SMILES string of the molecule is CCN(C)CCNCc1nnc(-c2ccccc2)o1. The fraction of sp³-hybridized carbons (Fsp3) is 0.429. The minimum absolute atomic E-state index is 0.572. The molecular weight excluding hydrogens is 240 g/mol. The van der Waals surface area contributed by atoms with Crippen molar-refractivity contribution < 1.29 is 4.42 Å². The van der Waals surface area contributed by atoms with Crippen LogP contribution in [0.2, 0.25) is 0 Å². The van der Waals surface area contributed by atoms with E-state index < -0.39 is 0 Å². The lowest BCUT2D eigenvalue weighted by atomic mass is 10.2. The van der Waals surface area contributed by atoms with Crippen molar-refractivity contribution in [3.8, 4) is 11.5 Å². The van der Waals surface area contributed by atoms with Crippen LogP contribution < -0.4 is 5.32 Å². The standard InChI is InChI=1S/C14H20N4O/c1-3-18(2)10-9-15-11-13-16-17-14(19-13)12-7-5-4-6-8-12/h4-8,15H,3,9-11H2,1-2H3. The monoisotopic (exact) mass is 260 g/mol. The van der Waals surface area contributed by atoms with Gasteiger partial charge in [-0.05, 0) is 25.7 Å². The summed E-state index contributed by atoms with van der Waals surface area (Å²) in [5.41, 5.74) is 0.951. The second-order valence-electron chi connectivity index (χ2n) is 4.44. The van der Waals surface area contributed by atoms with Gasteiger partial charge in [0.2, 0.25) is 11.8 Å². The van der Waals surface area contributed by atoms with Gasteiger partial charge in [0, 0.05) is 18.7 Å². The Balaban J connectivity index is 1.82. The van der Waals surface area contributed by atoms with E-state index in [1.165, 1.54) is 0 Å². The van der Waals surface area contributed by atoms with Crippen LogP contribution in [-0.4, -0.2) is 41.8 Å². The Morgan fingerprint density at radius 2 is 2.00 bits per heavy atom. The van der Waals surface area contributed by atoms with E-state index in [2.05, 4.69) is 34.4 Å². The fourth-order valence-corrected chi connectivity index (χ4v) is 1.65. The largest absolute Gasteiger partial charge is 0.419 e. The summed E-state index contributed by atoms with van der Waals surface area (Å²) in [6.07, 6.45) is 0. The summed E-state index contributed by atoms with van der Waals surface area (Å²) in [6.45, 7) is 5.73. The number of rotatable bonds is 7. The van der Waals surface area contributed by atoms with Crippen LogP contribution in [0.3, 0.4) is 0 Å². The maximum atomic E-state index is 5.60. The van der Waals surface area contributed by atoms with Gasteiger partial charge in [0.15, 0.2) is 0 Å². The molecule has 0 atom stereocenters. The molecule has 2 aromatic rings. The fourth-order valence-electron chi connectivity index (χ4n) is 1.65. The van der Waals surface area contributed by atoms with Crippen LogP contribution in [0.5, 0.6) is 0 Å². The topological polar surface area (TPSA) is 54.2 Å². The number of likely N-dealkylation sites (N-methyl/N-ethyl adjacent to an activating group) is 1. The minimum atomic E-state index is 0.572. The van der Waals surface area contributed by atoms with Gasteiger partial charge in [0.05, 0.1) is 6.54 Å². The predicted octanol–water partition coefficient (Wildman–Crippen LogP) is 1.78. The van der Waals surface area contributed by atoms with Gasteiger partial charge in [0.25, 0.3) is 0 Å². The first kappa shape index (κ1) is 13.7. The van der Waals surface area contributed by atoms with E-state index >= 15 is 0 Å². The molecule has 1 aromatic heterocycles. The Labute approximate surface area is 113 Å². The smallest absolute Gasteiger partial charge is 0.247 e. The molecule has 19 heavy (non-hydrogen) atoms. The van der Waals surface area contributed by atoms with E-state index in [1.54, 1.807) is 0 Å². The van der Waals surface area contributed by atoms with Crippen LogP contribution in [0.25, 0.3) is 11.5 Å². The lowest BCUT2D eigenvalue weighted by molar-refractivity contribution is 0.344. The number of hydrogen-bond donors (Lipinski definition) is 1. The van der Waals surface area contributed by atoms with Crippen LogP contribution in [0.15, 0.2) is 34.7 Å². The van der Waals surface area contributed by atoms with Crippen molar-refractivity contribution in [3.05, 3.63) is 36.2 Å². The molecule has 0 radical (unpaired) electrons. The predicted molar refractivity (Wildman–Crippen MR) is 74.6 cm³/mol. The third kappa shape index (κ3) is 4.15. The van der Waals surface area contributed by atoms with Crippen LogP contribution in [-0.2, 0) is 6.54 Å². The highest BCUT2D eigenvalue weighted by Crippen LogP contribution is 2.16. The molecule has 0 aliphatic rings. The summed E-state index contributed by atoms with van der Waals surface area (Å²) in [7, 11) is 2.10. The number of hydrogen-bond acceptors (Lipinski definition) is 5. The van der Waals surface area contributed by atoms with Crippen LogP contribution in [0, 0.1) is 0 Å². The zero-order chi connectivity index (χ0) is 13.5. The normalized spacial score (nSPS) is 11.1. The summed E-state index contributed by atoms with van der Waals surface area (Å²) in [5, 5.41) is 11.4. The molecule has 0 aliphatic heterocycles. The molecule has 0 bridgehead atoms. The maximum absolute atomic E-state index is 5.60. The molecule has 1 N–H and O–H groups in total. The van der Waals surface area contributed by atoms with Gasteiger partial charge in [-0.15, -0.1) is 10.2 Å². The van der Waals surface area contributed by atoms with Crippen molar-refractivity contribution in [1.82, 2.24) is 20.4 Å². The molecule has 0 amide bonds. The van der Waals surface area contributed by atoms with Gasteiger partial charge in [-0.2, -0.15) is 0 Å². The van der Waals surface area contributed by atoms with Crippen LogP contribution in [0.1, 0.15) is 12.8 Å². The minimum Gasteiger partial charge on any atom is -0.419 e. The number of nitrogens with one attached hydrogen (secondary N) is 1. The van der Waals surface area contributed by atoms with Gasteiger partial charge in [0.1, 0.15) is 0 Å². The number of nitrogens with zero attached hydrogens (tertiary/aromatic N) is 3. The van der Waals surface area contributed by atoms with E-state index in [9.17, 15) is 0 Å². The molecule has 1 heterocycles. The lowest BCUT2D eigenvalue weighted by Crippen LogP contribution is -2.28. The highest BCUT2D eigenvalue weighted by molar-refractivity contribution is 5.51. The summed E-state index contributed by atoms with van der Waals surface area (Å²) in [4.78, 5) is 2.25. The summed E-state index contributed by atoms with van der Waals surface area (Å²) >= 11 is 0. The summed E-state index contributed by atoms with van der Waals surface area (Å²) in [6, 6.07) is 9.80. The molecule has 0 unspecified atom stereocenters. The Bertz CT molecular complexity index is 483. The Kier molecular flexibility index (Phi) is 5.06. The van der Waals surface area contributed by atoms with E-state index in [0.29, 0.717) is 18.3 Å². The third-order valence-electron chi connectivity index (χ3n) is 2.97. The van der Waals surface area contributed by atoms with E-state index in [1.807, 2.05) is 30.3 Å². The summed E-state index contributed by atoms with van der Waals surface area (Å²) < 4.78 is 5.60. The number of aromatic nitrogens is 2. The second-order valence-corrected chi connectivity index (χ2v) is 4.44. The highest BCUT2D eigenvalue weighted by atomic mass is 16.4. The molecule has 0 saturated heterocycles. The maximum Gasteiger partial charge on any atom is 0.247 e. The molecule has 2 rings (SSSR count). The average Bonchev–Trinajstić information content (AvgIpc) is 2.93. The van der Waals surface area contributed by atoms with Gasteiger partial charge < -0.3 is 14.6 Å².